The molecule has 1 aromatic rings. The smallest absolute Gasteiger partial charge is 0.171 e. The summed E-state index contributed by atoms with van der Waals surface area (Å²) in [5.74, 6) is 1.76. The van der Waals surface area contributed by atoms with Crippen LogP contribution in [0.2, 0.25) is 0 Å². The van der Waals surface area contributed by atoms with Crippen molar-refractivity contribution in [3.8, 4) is 5.75 Å². The van der Waals surface area contributed by atoms with Crippen LogP contribution in [0.3, 0.4) is 0 Å². The third-order valence-electron chi connectivity index (χ3n) is 2.61. The molecule has 1 rings (SSSR count). The van der Waals surface area contributed by atoms with E-state index in [1.54, 1.807) is 6.20 Å². The second-order valence-corrected chi connectivity index (χ2v) is 4.92. The van der Waals surface area contributed by atoms with Crippen LogP contribution in [-0.2, 0) is 0 Å². The Hall–Kier alpha value is -1.29. The molecule has 0 fully saturated rings. The predicted octanol–water partition coefficient (Wildman–Crippen LogP) is 2.43. The molecule has 0 aliphatic rings. The molecule has 0 saturated carbocycles. The first kappa shape index (κ1) is 14.8. The van der Waals surface area contributed by atoms with Gasteiger partial charge in [0.2, 0.25) is 0 Å². The van der Waals surface area contributed by atoms with Gasteiger partial charge in [0.1, 0.15) is 0 Å². The van der Waals surface area contributed by atoms with Crippen LogP contribution >= 0.6 is 0 Å². The first-order chi connectivity index (χ1) is 8.56. The number of nitrogens with two attached hydrogens (primary N) is 1. The van der Waals surface area contributed by atoms with Crippen LogP contribution in [0.4, 0.5) is 5.82 Å². The van der Waals surface area contributed by atoms with E-state index >= 15 is 0 Å². The van der Waals surface area contributed by atoms with Crippen molar-refractivity contribution in [1.29, 1.82) is 0 Å². The number of nitrogens with zero attached hydrogens (tertiary/aromatic N) is 2. The Balaban J connectivity index is 2.95. The van der Waals surface area contributed by atoms with Crippen molar-refractivity contribution in [2.75, 3.05) is 18.0 Å². The Morgan fingerprint density at radius 3 is 2.61 bits per heavy atom. The van der Waals surface area contributed by atoms with Crippen LogP contribution in [-0.4, -0.2) is 30.2 Å². The van der Waals surface area contributed by atoms with E-state index in [1.165, 1.54) is 0 Å². The Kier molecular flexibility index (Phi) is 5.92. The summed E-state index contributed by atoms with van der Waals surface area (Å²) in [4.78, 5) is 6.71. The molecule has 102 valence electrons. The van der Waals surface area contributed by atoms with Gasteiger partial charge in [-0.15, -0.1) is 0 Å². The van der Waals surface area contributed by atoms with Crippen LogP contribution in [0.15, 0.2) is 18.3 Å². The molecular formula is C14H25N3O. The summed E-state index contributed by atoms with van der Waals surface area (Å²) in [5.41, 5.74) is 5.60. The Morgan fingerprint density at radius 2 is 2.06 bits per heavy atom. The van der Waals surface area contributed by atoms with Gasteiger partial charge in [-0.3, -0.25) is 0 Å². The van der Waals surface area contributed by atoms with Gasteiger partial charge in [-0.25, -0.2) is 4.98 Å². The predicted molar refractivity (Wildman–Crippen MR) is 76.2 cm³/mol. The van der Waals surface area contributed by atoms with Crippen molar-refractivity contribution in [3.05, 3.63) is 18.3 Å². The van der Waals surface area contributed by atoms with E-state index in [0.29, 0.717) is 12.6 Å². The molecule has 4 heteroatoms. The normalized spacial score (nSPS) is 11.1. The molecule has 0 aliphatic carbocycles. The number of aromatic nitrogens is 1. The average molecular weight is 251 g/mol. The maximum atomic E-state index is 5.82. The maximum Gasteiger partial charge on any atom is 0.171 e. The second-order valence-electron chi connectivity index (χ2n) is 4.92. The van der Waals surface area contributed by atoms with Crippen molar-refractivity contribution in [2.45, 2.75) is 46.3 Å². The molecule has 0 unspecified atom stereocenters. The maximum absolute atomic E-state index is 5.82. The lowest BCUT2D eigenvalue weighted by molar-refractivity contribution is 0.241. The summed E-state index contributed by atoms with van der Waals surface area (Å²) in [6.07, 6.45) is 2.91. The number of hydrogen-bond acceptors (Lipinski definition) is 4. The van der Waals surface area contributed by atoms with E-state index in [2.05, 4.69) is 23.7 Å². The molecule has 0 radical (unpaired) electrons. The number of rotatable bonds is 7. The SMILES string of the molecule is CC(C)Oc1cccnc1N(CCCN)C(C)C. The van der Waals surface area contributed by atoms with Gasteiger partial charge in [0.05, 0.1) is 6.10 Å². The highest BCUT2D eigenvalue weighted by atomic mass is 16.5. The highest BCUT2D eigenvalue weighted by Gasteiger charge is 2.16. The van der Waals surface area contributed by atoms with Crippen molar-refractivity contribution in [1.82, 2.24) is 4.98 Å². The first-order valence-corrected chi connectivity index (χ1v) is 6.64. The summed E-state index contributed by atoms with van der Waals surface area (Å²) >= 11 is 0. The lowest BCUT2D eigenvalue weighted by Gasteiger charge is -2.29. The van der Waals surface area contributed by atoms with E-state index in [9.17, 15) is 0 Å². The van der Waals surface area contributed by atoms with E-state index in [4.69, 9.17) is 10.5 Å². The van der Waals surface area contributed by atoms with E-state index in [1.807, 2.05) is 26.0 Å². The molecule has 1 aromatic heterocycles. The highest BCUT2D eigenvalue weighted by Crippen LogP contribution is 2.27. The van der Waals surface area contributed by atoms with Crippen molar-refractivity contribution < 1.29 is 4.74 Å². The van der Waals surface area contributed by atoms with Crippen LogP contribution in [0, 0.1) is 0 Å². The zero-order valence-corrected chi connectivity index (χ0v) is 11.9. The van der Waals surface area contributed by atoms with Crippen molar-refractivity contribution >= 4 is 5.82 Å². The lowest BCUT2D eigenvalue weighted by atomic mass is 10.2. The molecule has 0 bridgehead atoms. The molecule has 1 heterocycles. The molecule has 2 N–H and O–H groups in total. The van der Waals surface area contributed by atoms with Crippen LogP contribution in [0.5, 0.6) is 5.75 Å². The quantitative estimate of drug-likeness (QED) is 0.808. The standard InChI is InChI=1S/C14H25N3O/c1-11(2)17(10-6-8-15)14-13(18-12(3)4)7-5-9-16-14/h5,7,9,11-12H,6,8,10,15H2,1-4H3. The molecule has 0 saturated heterocycles. The molecule has 4 nitrogen and oxygen atoms in total. The Morgan fingerprint density at radius 1 is 1.33 bits per heavy atom. The summed E-state index contributed by atoms with van der Waals surface area (Å²) in [6, 6.07) is 4.25. The summed E-state index contributed by atoms with van der Waals surface area (Å²) in [5, 5.41) is 0. The molecule has 0 aliphatic heterocycles. The topological polar surface area (TPSA) is 51.4 Å². The molecular weight excluding hydrogens is 226 g/mol. The zero-order valence-electron chi connectivity index (χ0n) is 11.9. The molecule has 0 amide bonds. The van der Waals surface area contributed by atoms with E-state index in [0.717, 1.165) is 24.5 Å². The molecule has 0 aromatic carbocycles. The van der Waals surface area contributed by atoms with Gasteiger partial charge in [0.15, 0.2) is 11.6 Å². The average Bonchev–Trinajstić information content (AvgIpc) is 2.30. The van der Waals surface area contributed by atoms with Crippen LogP contribution < -0.4 is 15.4 Å². The van der Waals surface area contributed by atoms with Crippen molar-refractivity contribution in [3.63, 3.8) is 0 Å². The summed E-state index contributed by atoms with van der Waals surface area (Å²) in [7, 11) is 0. The Bertz CT molecular complexity index is 353. The van der Waals surface area contributed by atoms with Crippen LogP contribution in [0.25, 0.3) is 0 Å². The van der Waals surface area contributed by atoms with Crippen molar-refractivity contribution in [2.24, 2.45) is 5.73 Å². The second kappa shape index (κ2) is 7.21. The van der Waals surface area contributed by atoms with Crippen LogP contribution in [0.1, 0.15) is 34.1 Å². The highest BCUT2D eigenvalue weighted by molar-refractivity contribution is 5.52. The van der Waals surface area contributed by atoms with Gasteiger partial charge < -0.3 is 15.4 Å². The third kappa shape index (κ3) is 4.18. The fourth-order valence-corrected chi connectivity index (χ4v) is 1.81. The fourth-order valence-electron chi connectivity index (χ4n) is 1.81. The zero-order chi connectivity index (χ0) is 13.5. The van der Waals surface area contributed by atoms with Gasteiger partial charge in [-0.1, -0.05) is 0 Å². The van der Waals surface area contributed by atoms with Gasteiger partial charge in [-0.05, 0) is 52.8 Å². The minimum Gasteiger partial charge on any atom is -0.487 e. The number of pyridine rings is 1. The first-order valence-electron chi connectivity index (χ1n) is 6.64. The largest absolute Gasteiger partial charge is 0.487 e. The summed E-state index contributed by atoms with van der Waals surface area (Å²) < 4.78 is 5.82. The Labute approximate surface area is 110 Å². The van der Waals surface area contributed by atoms with Gasteiger partial charge in [0, 0.05) is 18.8 Å². The molecule has 0 spiro atoms. The lowest BCUT2D eigenvalue weighted by Crippen LogP contribution is -2.34. The number of hydrogen-bond donors (Lipinski definition) is 1. The van der Waals surface area contributed by atoms with E-state index in [-0.39, 0.29) is 6.10 Å². The van der Waals surface area contributed by atoms with E-state index < -0.39 is 0 Å². The molecule has 18 heavy (non-hydrogen) atoms. The minimum absolute atomic E-state index is 0.150. The number of anilines is 1. The third-order valence-corrected chi connectivity index (χ3v) is 2.61. The molecule has 0 atom stereocenters. The minimum atomic E-state index is 0.150. The van der Waals surface area contributed by atoms with Gasteiger partial charge in [-0.2, -0.15) is 0 Å². The van der Waals surface area contributed by atoms with Gasteiger partial charge in [0.25, 0.3) is 0 Å². The number of ether oxygens (including phenoxy) is 1. The monoisotopic (exact) mass is 251 g/mol. The van der Waals surface area contributed by atoms with Gasteiger partial charge >= 0.3 is 0 Å². The fraction of sp³-hybridized carbons (Fsp3) is 0.643. The summed E-state index contributed by atoms with van der Waals surface area (Å²) in [6.45, 7) is 9.96.